The van der Waals surface area contributed by atoms with Crippen LogP contribution in [-0.4, -0.2) is 27.3 Å². The van der Waals surface area contributed by atoms with Crippen LogP contribution in [0.5, 0.6) is 5.75 Å². The molecule has 102 valence electrons. The lowest BCUT2D eigenvalue weighted by Crippen LogP contribution is -2.04. The van der Waals surface area contributed by atoms with Gasteiger partial charge >= 0.3 is 0 Å². The Labute approximate surface area is 112 Å². The summed E-state index contributed by atoms with van der Waals surface area (Å²) in [5, 5.41) is 11.8. The van der Waals surface area contributed by atoms with E-state index < -0.39 is 0 Å². The smallest absolute Gasteiger partial charge is 0.184 e. The van der Waals surface area contributed by atoms with Gasteiger partial charge in [-0.3, -0.25) is 0 Å². The summed E-state index contributed by atoms with van der Waals surface area (Å²) in [4.78, 5) is 0. The van der Waals surface area contributed by atoms with Gasteiger partial charge in [-0.15, -0.1) is 5.10 Å². The molecule has 1 heterocycles. The van der Waals surface area contributed by atoms with Gasteiger partial charge in [0.1, 0.15) is 5.75 Å². The number of hydrogen-bond acceptors (Lipinski definition) is 5. The minimum Gasteiger partial charge on any atom is -0.497 e. The second-order valence-corrected chi connectivity index (χ2v) is 4.39. The molecule has 0 radical (unpaired) electrons. The summed E-state index contributed by atoms with van der Waals surface area (Å²) >= 11 is 0. The first-order valence-electron chi connectivity index (χ1n) is 6.46. The van der Waals surface area contributed by atoms with E-state index in [2.05, 4.69) is 22.4 Å². The van der Waals surface area contributed by atoms with E-state index in [4.69, 9.17) is 10.5 Å². The van der Waals surface area contributed by atoms with Crippen LogP contribution in [0.3, 0.4) is 0 Å². The van der Waals surface area contributed by atoms with Crippen molar-refractivity contribution >= 4 is 5.69 Å². The number of nitrogens with zero attached hydrogens (tertiary/aromatic N) is 4. The van der Waals surface area contributed by atoms with Crippen molar-refractivity contribution in [2.24, 2.45) is 0 Å². The highest BCUT2D eigenvalue weighted by molar-refractivity contribution is 5.72. The van der Waals surface area contributed by atoms with Crippen LogP contribution in [0.2, 0.25) is 0 Å². The van der Waals surface area contributed by atoms with Crippen molar-refractivity contribution in [3.05, 3.63) is 18.2 Å². The number of benzene rings is 1. The summed E-state index contributed by atoms with van der Waals surface area (Å²) < 4.78 is 7.01. The monoisotopic (exact) mass is 261 g/mol. The Kier molecular flexibility index (Phi) is 4.33. The third kappa shape index (κ3) is 3.01. The van der Waals surface area contributed by atoms with Crippen LogP contribution in [0.1, 0.15) is 26.2 Å². The van der Waals surface area contributed by atoms with Gasteiger partial charge in [0.25, 0.3) is 0 Å². The molecule has 0 aliphatic heterocycles. The van der Waals surface area contributed by atoms with Gasteiger partial charge in [0, 0.05) is 17.8 Å². The van der Waals surface area contributed by atoms with Crippen molar-refractivity contribution < 1.29 is 4.74 Å². The quantitative estimate of drug-likeness (QED) is 0.636. The molecule has 0 bridgehead atoms. The predicted octanol–water partition coefficient (Wildman–Crippen LogP) is 2.12. The number of ether oxygens (including phenoxy) is 1. The molecular formula is C13H19N5O. The maximum absolute atomic E-state index is 5.99. The second kappa shape index (κ2) is 6.17. The molecule has 19 heavy (non-hydrogen) atoms. The number of aromatic nitrogens is 4. The van der Waals surface area contributed by atoms with Crippen molar-refractivity contribution in [2.75, 3.05) is 12.8 Å². The number of methoxy groups -OCH3 is 1. The van der Waals surface area contributed by atoms with Gasteiger partial charge in [-0.2, -0.15) is 0 Å². The number of aryl methyl sites for hydroxylation is 1. The Morgan fingerprint density at radius 1 is 1.32 bits per heavy atom. The molecule has 0 aliphatic rings. The van der Waals surface area contributed by atoms with E-state index >= 15 is 0 Å². The average Bonchev–Trinajstić information content (AvgIpc) is 2.88. The van der Waals surface area contributed by atoms with Crippen molar-refractivity contribution in [3.8, 4) is 17.1 Å². The third-order valence-electron chi connectivity index (χ3n) is 3.01. The molecule has 1 aromatic heterocycles. The highest BCUT2D eigenvalue weighted by Crippen LogP contribution is 2.28. The van der Waals surface area contributed by atoms with Crippen LogP contribution >= 0.6 is 0 Å². The largest absolute Gasteiger partial charge is 0.497 e. The predicted molar refractivity (Wildman–Crippen MR) is 73.7 cm³/mol. The van der Waals surface area contributed by atoms with Crippen LogP contribution in [0.15, 0.2) is 18.2 Å². The Morgan fingerprint density at radius 2 is 2.16 bits per heavy atom. The lowest BCUT2D eigenvalue weighted by molar-refractivity contribution is 0.415. The molecule has 0 atom stereocenters. The lowest BCUT2D eigenvalue weighted by Gasteiger charge is -2.08. The van der Waals surface area contributed by atoms with E-state index in [0.717, 1.165) is 30.7 Å². The van der Waals surface area contributed by atoms with Gasteiger partial charge in [-0.1, -0.05) is 19.8 Å². The van der Waals surface area contributed by atoms with Crippen LogP contribution < -0.4 is 10.5 Å². The van der Waals surface area contributed by atoms with E-state index in [-0.39, 0.29) is 0 Å². The van der Waals surface area contributed by atoms with E-state index in [0.29, 0.717) is 11.5 Å². The average molecular weight is 261 g/mol. The second-order valence-electron chi connectivity index (χ2n) is 4.39. The van der Waals surface area contributed by atoms with E-state index in [1.54, 1.807) is 17.9 Å². The van der Waals surface area contributed by atoms with Crippen molar-refractivity contribution in [3.63, 3.8) is 0 Å². The Hall–Kier alpha value is -2.11. The molecule has 0 fully saturated rings. The lowest BCUT2D eigenvalue weighted by atomic mass is 10.1. The molecule has 0 spiro atoms. The zero-order chi connectivity index (χ0) is 13.7. The van der Waals surface area contributed by atoms with Crippen LogP contribution in [0, 0.1) is 0 Å². The minimum atomic E-state index is 0.646. The first-order chi connectivity index (χ1) is 9.26. The van der Waals surface area contributed by atoms with Gasteiger partial charge in [-0.25, -0.2) is 4.68 Å². The molecule has 6 nitrogen and oxygen atoms in total. The third-order valence-corrected chi connectivity index (χ3v) is 3.01. The number of unbranched alkanes of at least 4 members (excludes halogenated alkanes) is 2. The van der Waals surface area contributed by atoms with Gasteiger partial charge in [0.05, 0.1) is 7.11 Å². The van der Waals surface area contributed by atoms with Gasteiger partial charge < -0.3 is 10.5 Å². The summed E-state index contributed by atoms with van der Waals surface area (Å²) in [6.45, 7) is 2.97. The molecule has 0 saturated carbocycles. The number of rotatable bonds is 6. The summed E-state index contributed by atoms with van der Waals surface area (Å²) in [5.41, 5.74) is 7.45. The van der Waals surface area contributed by atoms with E-state index in [9.17, 15) is 0 Å². The van der Waals surface area contributed by atoms with Crippen molar-refractivity contribution in [1.82, 2.24) is 20.2 Å². The number of nitrogen functional groups attached to an aromatic ring is 1. The van der Waals surface area contributed by atoms with Crippen molar-refractivity contribution in [1.29, 1.82) is 0 Å². The van der Waals surface area contributed by atoms with E-state index in [1.165, 1.54) is 6.42 Å². The first-order valence-corrected chi connectivity index (χ1v) is 6.46. The fourth-order valence-electron chi connectivity index (χ4n) is 1.92. The van der Waals surface area contributed by atoms with Crippen LogP contribution in [0.25, 0.3) is 11.4 Å². The normalized spacial score (nSPS) is 10.6. The summed E-state index contributed by atoms with van der Waals surface area (Å²) in [6.07, 6.45) is 3.38. The molecule has 1 aromatic carbocycles. The zero-order valence-electron chi connectivity index (χ0n) is 11.3. The molecule has 2 aromatic rings. The Bertz CT molecular complexity index is 538. The molecule has 2 N–H and O–H groups in total. The SMILES string of the molecule is CCCCCn1nnnc1-c1cc(OC)ccc1N. The maximum Gasteiger partial charge on any atom is 0.184 e. The fourth-order valence-corrected chi connectivity index (χ4v) is 1.92. The van der Waals surface area contributed by atoms with Crippen LogP contribution in [0.4, 0.5) is 5.69 Å². The van der Waals surface area contributed by atoms with Gasteiger partial charge in [0.15, 0.2) is 5.82 Å². The molecule has 0 aliphatic carbocycles. The topological polar surface area (TPSA) is 78.8 Å². The maximum atomic E-state index is 5.99. The summed E-state index contributed by atoms with van der Waals surface area (Å²) in [7, 11) is 1.62. The Balaban J connectivity index is 2.28. The highest BCUT2D eigenvalue weighted by Gasteiger charge is 2.12. The van der Waals surface area contributed by atoms with Gasteiger partial charge in [0.2, 0.25) is 0 Å². The standard InChI is InChI=1S/C13H19N5O/c1-3-4-5-8-18-13(15-16-17-18)11-9-10(19-2)6-7-12(11)14/h6-7,9H,3-5,8,14H2,1-2H3. The molecule has 0 saturated heterocycles. The van der Waals surface area contributed by atoms with Gasteiger partial charge in [-0.05, 0) is 35.0 Å². The summed E-state index contributed by atoms with van der Waals surface area (Å²) in [6, 6.07) is 5.49. The molecule has 6 heteroatoms. The minimum absolute atomic E-state index is 0.646. The number of hydrogen-bond donors (Lipinski definition) is 1. The molecule has 2 rings (SSSR count). The number of nitrogens with two attached hydrogens (primary N) is 1. The van der Waals surface area contributed by atoms with Crippen molar-refractivity contribution in [2.45, 2.75) is 32.7 Å². The number of anilines is 1. The van der Waals surface area contributed by atoms with Crippen LogP contribution in [-0.2, 0) is 6.54 Å². The number of tetrazole rings is 1. The zero-order valence-corrected chi connectivity index (χ0v) is 11.3. The molecule has 0 unspecified atom stereocenters. The highest BCUT2D eigenvalue weighted by atomic mass is 16.5. The van der Waals surface area contributed by atoms with E-state index in [1.807, 2.05) is 12.1 Å². The molecular weight excluding hydrogens is 242 g/mol. The Morgan fingerprint density at radius 3 is 2.89 bits per heavy atom. The molecule has 0 amide bonds. The fraction of sp³-hybridized carbons (Fsp3) is 0.462. The first kappa shape index (κ1) is 13.3. The summed E-state index contributed by atoms with van der Waals surface area (Å²) in [5.74, 6) is 1.43.